The molecule has 5 heteroatoms. The predicted molar refractivity (Wildman–Crippen MR) is 108 cm³/mol. The summed E-state index contributed by atoms with van der Waals surface area (Å²) in [4.78, 5) is 2.51. The molecule has 0 aliphatic carbocycles. The summed E-state index contributed by atoms with van der Waals surface area (Å²) in [6.45, 7) is 3.93. The fraction of sp³-hybridized carbons (Fsp3) is 0.409. The summed E-state index contributed by atoms with van der Waals surface area (Å²) in [6, 6.07) is 14.7. The van der Waals surface area contributed by atoms with Gasteiger partial charge in [0.05, 0.1) is 18.2 Å². The predicted octanol–water partition coefficient (Wildman–Crippen LogP) is 4.93. The van der Waals surface area contributed by atoms with Gasteiger partial charge in [0.1, 0.15) is 11.4 Å². The summed E-state index contributed by atoms with van der Waals surface area (Å²) < 4.78 is 19.8. The van der Waals surface area contributed by atoms with Crippen molar-refractivity contribution in [3.05, 3.63) is 70.5 Å². The van der Waals surface area contributed by atoms with E-state index in [1.165, 1.54) is 38.1 Å². The van der Waals surface area contributed by atoms with E-state index < -0.39 is 5.60 Å². The number of nitrogens with zero attached hydrogens (tertiary/aromatic N) is 2. The lowest BCUT2D eigenvalue weighted by Crippen LogP contribution is -2.29. The van der Waals surface area contributed by atoms with Crippen molar-refractivity contribution in [2.45, 2.75) is 37.9 Å². The number of benzene rings is 2. The minimum atomic E-state index is -0.545. The highest BCUT2D eigenvalue weighted by Crippen LogP contribution is 2.45. The van der Waals surface area contributed by atoms with Gasteiger partial charge in [-0.3, -0.25) is 0 Å². The minimum Gasteiger partial charge on any atom is -0.361 e. The molecular weight excluding hydrogens is 407 g/mol. The second kappa shape index (κ2) is 8.52. The first-order chi connectivity index (χ1) is 12.7. The van der Waals surface area contributed by atoms with Gasteiger partial charge in [-0.2, -0.15) is 5.26 Å². The van der Waals surface area contributed by atoms with Crippen LogP contribution >= 0.6 is 17.0 Å². The number of likely N-dealkylation sites (tertiary alicyclic amines) is 1. The molecule has 1 atom stereocenters. The summed E-state index contributed by atoms with van der Waals surface area (Å²) >= 11 is 0. The lowest BCUT2D eigenvalue weighted by Gasteiger charge is -2.31. The van der Waals surface area contributed by atoms with Crippen molar-refractivity contribution in [3.8, 4) is 6.07 Å². The van der Waals surface area contributed by atoms with E-state index in [4.69, 9.17) is 4.74 Å². The molecule has 0 spiro atoms. The molecule has 2 aromatic rings. The van der Waals surface area contributed by atoms with Crippen LogP contribution in [0.3, 0.4) is 0 Å². The van der Waals surface area contributed by atoms with Gasteiger partial charge in [0.2, 0.25) is 0 Å². The van der Waals surface area contributed by atoms with Crippen LogP contribution in [0.25, 0.3) is 0 Å². The van der Waals surface area contributed by atoms with Crippen LogP contribution in [0.2, 0.25) is 0 Å². The number of fused-ring (bicyclic) bond motifs is 1. The first-order valence-electron chi connectivity index (χ1n) is 9.37. The largest absolute Gasteiger partial charge is 0.361 e. The molecule has 0 bridgehead atoms. The summed E-state index contributed by atoms with van der Waals surface area (Å²) in [6.07, 6.45) is 4.46. The van der Waals surface area contributed by atoms with Crippen LogP contribution in [0.5, 0.6) is 0 Å². The van der Waals surface area contributed by atoms with Crippen molar-refractivity contribution >= 4 is 17.0 Å². The Balaban J connectivity index is 0.00000210. The van der Waals surface area contributed by atoms with Crippen molar-refractivity contribution in [2.75, 3.05) is 19.6 Å². The standard InChI is InChI=1S/C22H23FN2O.BrH/c23-20-7-5-19(6-8-20)22(10-3-13-25-11-1-2-12-25)21-9-4-17(15-24)14-18(21)16-26-22;/h4-9,14H,1-3,10-13,16H2;1H. The molecule has 0 aromatic heterocycles. The summed E-state index contributed by atoms with van der Waals surface area (Å²) in [5.74, 6) is -0.237. The Morgan fingerprint density at radius 1 is 1.11 bits per heavy atom. The Kier molecular flexibility index (Phi) is 6.31. The molecule has 3 nitrogen and oxygen atoms in total. The lowest BCUT2D eigenvalue weighted by molar-refractivity contribution is -0.0143. The van der Waals surface area contributed by atoms with E-state index in [0.29, 0.717) is 12.2 Å². The molecule has 0 amide bonds. The van der Waals surface area contributed by atoms with Gasteiger partial charge in [-0.05, 0) is 86.3 Å². The lowest BCUT2D eigenvalue weighted by atomic mass is 9.81. The van der Waals surface area contributed by atoms with E-state index in [1.807, 2.05) is 30.3 Å². The zero-order valence-electron chi connectivity index (χ0n) is 15.3. The van der Waals surface area contributed by atoms with Gasteiger partial charge >= 0.3 is 0 Å². The molecule has 1 unspecified atom stereocenters. The van der Waals surface area contributed by atoms with E-state index >= 15 is 0 Å². The van der Waals surface area contributed by atoms with Crippen LogP contribution in [0.4, 0.5) is 4.39 Å². The summed E-state index contributed by atoms with van der Waals surface area (Å²) in [7, 11) is 0. The van der Waals surface area contributed by atoms with Gasteiger partial charge < -0.3 is 9.64 Å². The summed E-state index contributed by atoms with van der Waals surface area (Å²) in [5, 5.41) is 9.17. The third-order valence-electron chi connectivity index (χ3n) is 5.66. The van der Waals surface area contributed by atoms with Crippen LogP contribution in [0.1, 0.15) is 47.9 Å². The maximum absolute atomic E-state index is 13.5. The Morgan fingerprint density at radius 3 is 2.56 bits per heavy atom. The first kappa shape index (κ1) is 20.0. The SMILES string of the molecule is Br.N#Cc1ccc2c(c1)COC2(CCCN1CCCC1)c1ccc(F)cc1. The zero-order valence-corrected chi connectivity index (χ0v) is 17.0. The fourth-order valence-electron chi connectivity index (χ4n) is 4.32. The highest BCUT2D eigenvalue weighted by molar-refractivity contribution is 8.93. The third-order valence-corrected chi connectivity index (χ3v) is 5.66. The topological polar surface area (TPSA) is 36.3 Å². The normalized spacial score (nSPS) is 21.5. The van der Waals surface area contributed by atoms with Crippen LogP contribution in [0.15, 0.2) is 42.5 Å². The Labute approximate surface area is 170 Å². The zero-order chi connectivity index (χ0) is 18.0. The van der Waals surface area contributed by atoms with Crippen LogP contribution in [0, 0.1) is 17.1 Å². The van der Waals surface area contributed by atoms with E-state index in [-0.39, 0.29) is 22.8 Å². The maximum atomic E-state index is 13.5. The average molecular weight is 431 g/mol. The second-order valence-electron chi connectivity index (χ2n) is 7.26. The molecule has 2 heterocycles. The van der Waals surface area contributed by atoms with Crippen LogP contribution < -0.4 is 0 Å². The Morgan fingerprint density at radius 2 is 1.85 bits per heavy atom. The van der Waals surface area contributed by atoms with Crippen molar-refractivity contribution < 1.29 is 9.13 Å². The number of nitriles is 1. The van der Waals surface area contributed by atoms with Crippen molar-refractivity contribution in [2.24, 2.45) is 0 Å². The van der Waals surface area contributed by atoms with Gasteiger partial charge in [0.15, 0.2) is 0 Å². The molecule has 2 aliphatic rings. The minimum absolute atomic E-state index is 0. The molecule has 2 aliphatic heterocycles. The molecule has 0 saturated carbocycles. The van der Waals surface area contributed by atoms with Crippen LogP contribution in [-0.2, 0) is 16.9 Å². The third kappa shape index (κ3) is 3.94. The Hall–Kier alpha value is -1.74. The van der Waals surface area contributed by atoms with Gasteiger partial charge in [0.25, 0.3) is 0 Å². The maximum Gasteiger partial charge on any atom is 0.123 e. The molecule has 4 rings (SSSR count). The molecule has 27 heavy (non-hydrogen) atoms. The van der Waals surface area contributed by atoms with Crippen molar-refractivity contribution in [1.29, 1.82) is 5.26 Å². The Bertz CT molecular complexity index is 827. The smallest absolute Gasteiger partial charge is 0.123 e. The summed E-state index contributed by atoms with van der Waals surface area (Å²) in [5.41, 5.74) is 3.28. The first-order valence-corrected chi connectivity index (χ1v) is 9.37. The highest BCUT2D eigenvalue weighted by atomic mass is 79.9. The van der Waals surface area contributed by atoms with Crippen molar-refractivity contribution in [1.82, 2.24) is 4.90 Å². The molecule has 0 radical (unpaired) electrons. The van der Waals surface area contributed by atoms with Crippen LogP contribution in [-0.4, -0.2) is 24.5 Å². The second-order valence-corrected chi connectivity index (χ2v) is 7.26. The quantitative estimate of drug-likeness (QED) is 0.674. The number of halogens is 2. The number of ether oxygens (including phenoxy) is 1. The fourth-order valence-corrected chi connectivity index (χ4v) is 4.32. The molecule has 0 N–H and O–H groups in total. The monoisotopic (exact) mass is 430 g/mol. The molecule has 142 valence electrons. The van der Waals surface area contributed by atoms with Gasteiger partial charge in [-0.25, -0.2) is 4.39 Å². The molecule has 2 aromatic carbocycles. The average Bonchev–Trinajstić information content (AvgIpc) is 3.31. The number of hydrogen-bond acceptors (Lipinski definition) is 3. The molecule has 1 saturated heterocycles. The molecular formula is C22H24BrFN2O. The van der Waals surface area contributed by atoms with Gasteiger partial charge in [0, 0.05) is 0 Å². The van der Waals surface area contributed by atoms with Gasteiger partial charge in [-0.15, -0.1) is 17.0 Å². The number of rotatable bonds is 5. The van der Waals surface area contributed by atoms with Gasteiger partial charge in [-0.1, -0.05) is 18.2 Å². The molecule has 1 fully saturated rings. The highest BCUT2D eigenvalue weighted by Gasteiger charge is 2.41. The van der Waals surface area contributed by atoms with E-state index in [1.54, 1.807) is 0 Å². The van der Waals surface area contributed by atoms with E-state index in [9.17, 15) is 9.65 Å². The number of hydrogen-bond donors (Lipinski definition) is 0. The van der Waals surface area contributed by atoms with E-state index in [2.05, 4.69) is 11.0 Å². The van der Waals surface area contributed by atoms with E-state index in [0.717, 1.165) is 36.1 Å². The van der Waals surface area contributed by atoms with Crippen molar-refractivity contribution in [3.63, 3.8) is 0 Å².